The zero-order valence-electron chi connectivity index (χ0n) is 13.6. The lowest BCUT2D eigenvalue weighted by molar-refractivity contribution is -0.116. The van der Waals surface area contributed by atoms with Gasteiger partial charge in [-0.25, -0.2) is 0 Å². The molecule has 2 aromatic rings. The Balaban J connectivity index is 1.71. The number of benzene rings is 2. The summed E-state index contributed by atoms with van der Waals surface area (Å²) in [5.74, 6) is 0.649. The molecule has 2 N–H and O–H groups in total. The number of para-hydroxylation sites is 1. The lowest BCUT2D eigenvalue weighted by atomic mass is 10.1. The first-order valence-corrected chi connectivity index (χ1v) is 8.00. The highest BCUT2D eigenvalue weighted by atomic mass is 16.5. The average Bonchev–Trinajstić information content (AvgIpc) is 2.75. The Morgan fingerprint density at radius 2 is 2.04 bits per heavy atom. The van der Waals surface area contributed by atoms with Gasteiger partial charge in [-0.15, -0.1) is 0 Å². The van der Waals surface area contributed by atoms with Crippen LogP contribution in [-0.2, 0) is 22.4 Å². The number of ether oxygens (including phenoxy) is 1. The second-order valence-corrected chi connectivity index (χ2v) is 5.81. The molecular weight excluding hydrogens is 304 g/mol. The van der Waals surface area contributed by atoms with E-state index in [-0.39, 0.29) is 18.2 Å². The Morgan fingerprint density at radius 1 is 1.21 bits per heavy atom. The van der Waals surface area contributed by atoms with Crippen LogP contribution >= 0.6 is 0 Å². The quantitative estimate of drug-likeness (QED) is 0.908. The molecule has 0 bridgehead atoms. The molecule has 2 amide bonds. The Morgan fingerprint density at radius 3 is 2.88 bits per heavy atom. The number of hydrogen-bond donors (Lipinski definition) is 2. The number of carbonyl (C=O) groups is 2. The summed E-state index contributed by atoms with van der Waals surface area (Å²) in [6.07, 6.45) is 2.42. The summed E-state index contributed by atoms with van der Waals surface area (Å²) in [5.41, 5.74) is 3.47. The van der Waals surface area contributed by atoms with Crippen molar-refractivity contribution in [3.63, 3.8) is 0 Å². The number of aryl methyl sites for hydroxylation is 1. The maximum absolute atomic E-state index is 12.3. The molecule has 5 nitrogen and oxygen atoms in total. The lowest BCUT2D eigenvalue weighted by Gasteiger charge is -2.11. The van der Waals surface area contributed by atoms with Gasteiger partial charge in [-0.3, -0.25) is 9.59 Å². The minimum atomic E-state index is -0.0999. The van der Waals surface area contributed by atoms with Crippen LogP contribution in [0.4, 0.5) is 11.4 Å². The topological polar surface area (TPSA) is 67.4 Å². The molecule has 5 heteroatoms. The highest BCUT2D eigenvalue weighted by Crippen LogP contribution is 2.25. The van der Waals surface area contributed by atoms with E-state index in [0.717, 1.165) is 35.3 Å². The average molecular weight is 324 g/mol. The fourth-order valence-corrected chi connectivity index (χ4v) is 2.88. The summed E-state index contributed by atoms with van der Waals surface area (Å²) < 4.78 is 5.27. The van der Waals surface area contributed by atoms with E-state index in [2.05, 4.69) is 10.6 Å². The van der Waals surface area contributed by atoms with Crippen molar-refractivity contribution in [1.82, 2.24) is 0 Å². The van der Waals surface area contributed by atoms with Crippen molar-refractivity contribution >= 4 is 23.2 Å². The number of anilines is 2. The molecule has 3 rings (SSSR count). The molecule has 1 aliphatic rings. The monoisotopic (exact) mass is 324 g/mol. The SMILES string of the molecule is COc1ccccc1CC(=O)Nc1ccc2c(c1)CCCC(=O)N2. The zero-order valence-corrected chi connectivity index (χ0v) is 13.6. The number of methoxy groups -OCH3 is 1. The molecule has 0 saturated heterocycles. The second kappa shape index (κ2) is 7.17. The predicted molar refractivity (Wildman–Crippen MR) is 93.3 cm³/mol. The van der Waals surface area contributed by atoms with E-state index in [1.165, 1.54) is 0 Å². The van der Waals surface area contributed by atoms with Gasteiger partial charge in [0, 0.05) is 23.4 Å². The lowest BCUT2D eigenvalue weighted by Crippen LogP contribution is -2.15. The van der Waals surface area contributed by atoms with Crippen LogP contribution in [0.1, 0.15) is 24.0 Å². The Labute approximate surface area is 141 Å². The number of rotatable bonds is 4. The minimum absolute atomic E-state index is 0.0432. The molecule has 124 valence electrons. The molecule has 0 spiro atoms. The standard InChI is InChI=1S/C19H20N2O3/c1-24-17-7-3-2-5-14(17)12-19(23)20-15-9-10-16-13(11-15)6-4-8-18(22)21-16/h2-3,5,7,9-11H,4,6,8,12H2,1H3,(H,20,23)(H,21,22). The summed E-state index contributed by atoms with van der Waals surface area (Å²) >= 11 is 0. The molecule has 0 atom stereocenters. The van der Waals surface area contributed by atoms with Crippen molar-refractivity contribution in [2.75, 3.05) is 17.7 Å². The minimum Gasteiger partial charge on any atom is -0.496 e. The second-order valence-electron chi connectivity index (χ2n) is 5.81. The first-order valence-electron chi connectivity index (χ1n) is 8.00. The molecular formula is C19H20N2O3. The molecule has 0 saturated carbocycles. The van der Waals surface area contributed by atoms with Crippen molar-refractivity contribution in [1.29, 1.82) is 0 Å². The summed E-state index contributed by atoms with van der Waals surface area (Å²) in [6, 6.07) is 13.1. The van der Waals surface area contributed by atoms with Crippen LogP contribution in [0.3, 0.4) is 0 Å². The third-order valence-electron chi connectivity index (χ3n) is 4.06. The van der Waals surface area contributed by atoms with E-state index >= 15 is 0 Å². The molecule has 2 aromatic carbocycles. The van der Waals surface area contributed by atoms with Gasteiger partial charge in [0.25, 0.3) is 0 Å². The smallest absolute Gasteiger partial charge is 0.228 e. The van der Waals surface area contributed by atoms with Gasteiger partial charge >= 0.3 is 0 Å². The maximum Gasteiger partial charge on any atom is 0.228 e. The molecule has 0 radical (unpaired) electrons. The zero-order chi connectivity index (χ0) is 16.9. The molecule has 0 aliphatic carbocycles. The highest BCUT2D eigenvalue weighted by molar-refractivity contribution is 5.95. The van der Waals surface area contributed by atoms with Crippen molar-refractivity contribution < 1.29 is 14.3 Å². The summed E-state index contributed by atoms with van der Waals surface area (Å²) in [5, 5.41) is 5.81. The van der Waals surface area contributed by atoms with E-state index < -0.39 is 0 Å². The fraction of sp³-hybridized carbons (Fsp3) is 0.263. The van der Waals surface area contributed by atoms with E-state index in [4.69, 9.17) is 4.74 Å². The van der Waals surface area contributed by atoms with Gasteiger partial charge in [0.15, 0.2) is 0 Å². The molecule has 0 unspecified atom stereocenters. The van der Waals surface area contributed by atoms with Crippen LogP contribution in [0, 0.1) is 0 Å². The van der Waals surface area contributed by atoms with Gasteiger partial charge in [-0.05, 0) is 42.7 Å². The summed E-state index contributed by atoms with van der Waals surface area (Å²) in [4.78, 5) is 23.9. The van der Waals surface area contributed by atoms with Crippen LogP contribution in [0.2, 0.25) is 0 Å². The number of hydrogen-bond acceptors (Lipinski definition) is 3. The molecule has 1 aliphatic heterocycles. The van der Waals surface area contributed by atoms with Crippen LogP contribution in [0.25, 0.3) is 0 Å². The maximum atomic E-state index is 12.3. The van der Waals surface area contributed by atoms with Gasteiger partial charge < -0.3 is 15.4 Å². The van der Waals surface area contributed by atoms with Crippen molar-refractivity contribution in [2.45, 2.75) is 25.7 Å². The molecule has 0 aromatic heterocycles. The third-order valence-corrected chi connectivity index (χ3v) is 4.06. The Kier molecular flexibility index (Phi) is 4.79. The third kappa shape index (κ3) is 3.74. The predicted octanol–water partition coefficient (Wildman–Crippen LogP) is 3.15. The van der Waals surface area contributed by atoms with Crippen LogP contribution < -0.4 is 15.4 Å². The number of fused-ring (bicyclic) bond motifs is 1. The van der Waals surface area contributed by atoms with Crippen molar-refractivity contribution in [2.24, 2.45) is 0 Å². The summed E-state index contributed by atoms with van der Waals surface area (Å²) in [7, 11) is 1.59. The van der Waals surface area contributed by atoms with E-state index in [9.17, 15) is 9.59 Å². The van der Waals surface area contributed by atoms with Crippen LogP contribution in [0.5, 0.6) is 5.75 Å². The number of amides is 2. The first kappa shape index (κ1) is 16.1. The first-order chi connectivity index (χ1) is 11.7. The molecule has 0 fully saturated rings. The van der Waals surface area contributed by atoms with Crippen LogP contribution in [-0.4, -0.2) is 18.9 Å². The van der Waals surface area contributed by atoms with Crippen LogP contribution in [0.15, 0.2) is 42.5 Å². The fourth-order valence-electron chi connectivity index (χ4n) is 2.88. The largest absolute Gasteiger partial charge is 0.496 e. The van der Waals surface area contributed by atoms with E-state index in [0.29, 0.717) is 12.2 Å². The number of nitrogens with one attached hydrogen (secondary N) is 2. The van der Waals surface area contributed by atoms with Gasteiger partial charge in [0.1, 0.15) is 5.75 Å². The summed E-state index contributed by atoms with van der Waals surface area (Å²) in [6.45, 7) is 0. The highest BCUT2D eigenvalue weighted by Gasteiger charge is 2.14. The Bertz CT molecular complexity index is 771. The van der Waals surface area contributed by atoms with Gasteiger partial charge in [0.05, 0.1) is 13.5 Å². The van der Waals surface area contributed by atoms with Gasteiger partial charge in [-0.1, -0.05) is 18.2 Å². The van der Waals surface area contributed by atoms with Gasteiger partial charge in [0.2, 0.25) is 11.8 Å². The Hall–Kier alpha value is -2.82. The van der Waals surface area contributed by atoms with E-state index in [1.807, 2.05) is 42.5 Å². The van der Waals surface area contributed by atoms with E-state index in [1.54, 1.807) is 7.11 Å². The van der Waals surface area contributed by atoms with Gasteiger partial charge in [-0.2, -0.15) is 0 Å². The van der Waals surface area contributed by atoms with Crippen molar-refractivity contribution in [3.05, 3.63) is 53.6 Å². The molecule has 1 heterocycles. The normalized spacial score (nSPS) is 13.5. The molecule has 24 heavy (non-hydrogen) atoms. The number of carbonyl (C=O) groups excluding carboxylic acids is 2. The van der Waals surface area contributed by atoms with Crippen molar-refractivity contribution in [3.8, 4) is 5.75 Å².